The van der Waals surface area contributed by atoms with E-state index in [-0.39, 0.29) is 18.3 Å². The van der Waals surface area contributed by atoms with Crippen molar-refractivity contribution >= 4 is 43.7 Å². The summed E-state index contributed by atoms with van der Waals surface area (Å²) < 4.78 is 11.2. The Bertz CT molecular complexity index is 654. The summed E-state index contributed by atoms with van der Waals surface area (Å²) in [5, 5.41) is 2.67. The Morgan fingerprint density at radius 1 is 1.14 bits per heavy atom. The van der Waals surface area contributed by atoms with E-state index in [4.69, 9.17) is 9.15 Å². The van der Waals surface area contributed by atoms with E-state index in [9.17, 15) is 9.59 Å². The third-order valence-corrected chi connectivity index (χ3v) is 3.74. The summed E-state index contributed by atoms with van der Waals surface area (Å²) >= 11 is 6.47. The van der Waals surface area contributed by atoms with Crippen LogP contribution in [-0.2, 0) is 16.1 Å². The van der Waals surface area contributed by atoms with Gasteiger partial charge in [0.1, 0.15) is 0 Å². The Kier molecular flexibility index (Phi) is 5.58. The predicted octanol–water partition coefficient (Wildman–Crippen LogP) is 3.28. The van der Waals surface area contributed by atoms with E-state index in [0.29, 0.717) is 11.2 Å². The van der Waals surface area contributed by atoms with Crippen molar-refractivity contribution < 1.29 is 18.7 Å². The molecule has 0 aliphatic heterocycles. The summed E-state index contributed by atoms with van der Waals surface area (Å²) in [7, 11) is 0. The van der Waals surface area contributed by atoms with Crippen molar-refractivity contribution in [1.29, 1.82) is 0 Å². The molecule has 1 amide bonds. The highest BCUT2D eigenvalue weighted by Gasteiger charge is 2.14. The second kappa shape index (κ2) is 7.42. The molecule has 0 atom stereocenters. The Morgan fingerprint density at radius 2 is 1.90 bits per heavy atom. The first kappa shape index (κ1) is 15.8. The lowest BCUT2D eigenvalue weighted by molar-refractivity contribution is -0.124. The second-order valence-corrected chi connectivity index (χ2v) is 5.68. The Hall–Kier alpha value is -1.60. The van der Waals surface area contributed by atoms with Crippen LogP contribution < -0.4 is 5.32 Å². The molecule has 0 aliphatic carbocycles. The van der Waals surface area contributed by atoms with Crippen LogP contribution in [0.3, 0.4) is 0 Å². The van der Waals surface area contributed by atoms with Gasteiger partial charge in [-0.05, 0) is 39.7 Å². The summed E-state index contributed by atoms with van der Waals surface area (Å²) in [5.41, 5.74) is 0.937. The van der Waals surface area contributed by atoms with Crippen molar-refractivity contribution in [3.63, 3.8) is 0 Å². The Morgan fingerprint density at radius 3 is 2.57 bits per heavy atom. The number of benzene rings is 1. The van der Waals surface area contributed by atoms with Crippen molar-refractivity contribution in [2.45, 2.75) is 6.54 Å². The maximum Gasteiger partial charge on any atom is 0.374 e. The molecule has 5 nitrogen and oxygen atoms in total. The average molecular weight is 417 g/mol. The molecule has 21 heavy (non-hydrogen) atoms. The van der Waals surface area contributed by atoms with Gasteiger partial charge in [-0.15, -0.1) is 0 Å². The monoisotopic (exact) mass is 415 g/mol. The number of rotatable bonds is 5. The van der Waals surface area contributed by atoms with Crippen LogP contribution in [0.5, 0.6) is 0 Å². The van der Waals surface area contributed by atoms with E-state index >= 15 is 0 Å². The van der Waals surface area contributed by atoms with Gasteiger partial charge in [0.25, 0.3) is 5.91 Å². The van der Waals surface area contributed by atoms with Gasteiger partial charge in [0, 0.05) is 11.0 Å². The third kappa shape index (κ3) is 4.71. The summed E-state index contributed by atoms with van der Waals surface area (Å²) in [6, 6.07) is 10.6. The molecule has 1 heterocycles. The number of amides is 1. The summed E-state index contributed by atoms with van der Waals surface area (Å²) in [4.78, 5) is 23.2. The maximum absolute atomic E-state index is 11.6. The lowest BCUT2D eigenvalue weighted by atomic mass is 10.2. The lowest BCUT2D eigenvalue weighted by Crippen LogP contribution is -2.28. The minimum Gasteiger partial charge on any atom is -0.450 e. The summed E-state index contributed by atoms with van der Waals surface area (Å²) in [5.74, 6) is -1.03. The average Bonchev–Trinajstić information content (AvgIpc) is 2.90. The quantitative estimate of drug-likeness (QED) is 0.759. The number of carbonyl (C=O) groups is 2. The van der Waals surface area contributed by atoms with Crippen molar-refractivity contribution in [3.8, 4) is 0 Å². The van der Waals surface area contributed by atoms with Gasteiger partial charge < -0.3 is 14.5 Å². The van der Waals surface area contributed by atoms with Crippen LogP contribution in [0, 0.1) is 0 Å². The first-order chi connectivity index (χ1) is 10.1. The zero-order valence-corrected chi connectivity index (χ0v) is 13.9. The molecule has 7 heteroatoms. The number of furan rings is 1. The minimum absolute atomic E-state index is 0.0421. The van der Waals surface area contributed by atoms with Gasteiger partial charge in [0.2, 0.25) is 5.76 Å². The molecule has 110 valence electrons. The van der Waals surface area contributed by atoms with Gasteiger partial charge in [-0.2, -0.15) is 0 Å². The van der Waals surface area contributed by atoms with Gasteiger partial charge in [-0.3, -0.25) is 4.79 Å². The topological polar surface area (TPSA) is 68.5 Å². The van der Waals surface area contributed by atoms with Crippen LogP contribution in [0.1, 0.15) is 16.1 Å². The summed E-state index contributed by atoms with van der Waals surface area (Å²) in [6.07, 6.45) is 0. The van der Waals surface area contributed by atoms with Crippen LogP contribution in [0.15, 0.2) is 50.0 Å². The normalized spacial score (nSPS) is 10.2. The molecule has 0 fully saturated rings. The fourth-order valence-corrected chi connectivity index (χ4v) is 2.24. The zero-order chi connectivity index (χ0) is 15.2. The molecule has 0 bridgehead atoms. The Labute approximate surface area is 137 Å². The van der Waals surface area contributed by atoms with E-state index < -0.39 is 5.97 Å². The number of carbonyl (C=O) groups excluding carboxylic acids is 2. The minimum atomic E-state index is -0.684. The van der Waals surface area contributed by atoms with Gasteiger partial charge in [0.15, 0.2) is 11.3 Å². The van der Waals surface area contributed by atoms with Gasteiger partial charge >= 0.3 is 5.97 Å². The van der Waals surface area contributed by atoms with Crippen molar-refractivity contribution in [1.82, 2.24) is 5.32 Å². The van der Waals surface area contributed by atoms with E-state index in [1.54, 1.807) is 6.07 Å². The molecule has 1 N–H and O–H groups in total. The largest absolute Gasteiger partial charge is 0.450 e. The van der Waals surface area contributed by atoms with Gasteiger partial charge in [0.05, 0.1) is 0 Å². The lowest BCUT2D eigenvalue weighted by Gasteiger charge is -2.07. The summed E-state index contributed by atoms with van der Waals surface area (Å²) in [6.45, 7) is -0.00822. The Balaban J connectivity index is 1.78. The molecular formula is C14H11Br2NO4. The van der Waals surface area contributed by atoms with Gasteiger partial charge in [-0.1, -0.05) is 34.1 Å². The van der Waals surface area contributed by atoms with E-state index in [1.807, 2.05) is 24.3 Å². The zero-order valence-electron chi connectivity index (χ0n) is 10.8. The van der Waals surface area contributed by atoms with Gasteiger partial charge in [-0.25, -0.2) is 4.79 Å². The number of hydrogen-bond donors (Lipinski definition) is 1. The van der Waals surface area contributed by atoms with Crippen molar-refractivity contribution in [2.24, 2.45) is 0 Å². The molecule has 0 aliphatic rings. The molecule has 0 spiro atoms. The van der Waals surface area contributed by atoms with Crippen molar-refractivity contribution in [3.05, 3.63) is 56.9 Å². The molecule has 0 unspecified atom stereocenters. The van der Waals surface area contributed by atoms with Crippen LogP contribution in [-0.4, -0.2) is 18.5 Å². The fourth-order valence-electron chi connectivity index (χ4n) is 1.51. The van der Waals surface area contributed by atoms with E-state index in [2.05, 4.69) is 37.2 Å². The molecule has 1 aromatic carbocycles. The molecule has 0 saturated heterocycles. The predicted molar refractivity (Wildman–Crippen MR) is 82.7 cm³/mol. The number of halogens is 2. The van der Waals surface area contributed by atoms with Crippen LogP contribution in [0.2, 0.25) is 0 Å². The molecular weight excluding hydrogens is 406 g/mol. The number of esters is 1. The van der Waals surface area contributed by atoms with E-state index in [0.717, 1.165) is 10.0 Å². The number of nitrogens with one attached hydrogen (secondary N) is 1. The first-order valence-electron chi connectivity index (χ1n) is 5.99. The van der Waals surface area contributed by atoms with Crippen LogP contribution >= 0.6 is 31.9 Å². The number of hydrogen-bond acceptors (Lipinski definition) is 4. The molecule has 0 radical (unpaired) electrons. The SMILES string of the molecule is O=C(COC(=O)c1ccc(Br)o1)NCc1ccccc1Br. The maximum atomic E-state index is 11.6. The van der Waals surface area contributed by atoms with Crippen LogP contribution in [0.25, 0.3) is 0 Å². The standard InChI is InChI=1S/C14H11Br2NO4/c15-10-4-2-1-3-9(10)7-17-13(18)8-20-14(19)11-5-6-12(16)21-11/h1-6H,7-8H2,(H,17,18). The third-order valence-electron chi connectivity index (χ3n) is 2.54. The first-order valence-corrected chi connectivity index (χ1v) is 7.57. The highest BCUT2D eigenvalue weighted by atomic mass is 79.9. The molecule has 2 aromatic rings. The molecule has 0 saturated carbocycles. The smallest absolute Gasteiger partial charge is 0.374 e. The van der Waals surface area contributed by atoms with Crippen molar-refractivity contribution in [2.75, 3.05) is 6.61 Å². The van der Waals surface area contributed by atoms with E-state index in [1.165, 1.54) is 6.07 Å². The molecule has 2 rings (SSSR count). The fraction of sp³-hybridized carbons (Fsp3) is 0.143. The highest BCUT2D eigenvalue weighted by molar-refractivity contribution is 9.10. The van der Waals surface area contributed by atoms with Crippen LogP contribution in [0.4, 0.5) is 0 Å². The highest BCUT2D eigenvalue weighted by Crippen LogP contribution is 2.16. The molecule has 1 aromatic heterocycles. The number of ether oxygens (including phenoxy) is 1. The second-order valence-electron chi connectivity index (χ2n) is 4.05.